The molecular formula is C11H14ClNO2. The van der Waals surface area contributed by atoms with Gasteiger partial charge in [0.25, 0.3) is 0 Å². The van der Waals surface area contributed by atoms with Gasteiger partial charge in [0, 0.05) is 10.6 Å². The predicted molar refractivity (Wildman–Crippen MR) is 61.2 cm³/mol. The van der Waals surface area contributed by atoms with E-state index >= 15 is 0 Å². The highest BCUT2D eigenvalue weighted by molar-refractivity contribution is 6.30. The van der Waals surface area contributed by atoms with Gasteiger partial charge in [-0.05, 0) is 24.6 Å². The van der Waals surface area contributed by atoms with E-state index in [9.17, 15) is 0 Å². The van der Waals surface area contributed by atoms with Crippen LogP contribution in [0.5, 0.6) is 5.75 Å². The summed E-state index contributed by atoms with van der Waals surface area (Å²) < 4.78 is 5.52. The molecule has 0 heterocycles. The van der Waals surface area contributed by atoms with Crippen LogP contribution < -0.4 is 4.74 Å². The van der Waals surface area contributed by atoms with E-state index in [0.29, 0.717) is 22.9 Å². The molecule has 0 saturated carbocycles. The summed E-state index contributed by atoms with van der Waals surface area (Å²) in [5, 5.41) is 12.0. The molecule has 0 spiro atoms. The van der Waals surface area contributed by atoms with Crippen molar-refractivity contribution in [3.63, 3.8) is 0 Å². The van der Waals surface area contributed by atoms with Gasteiger partial charge in [-0.1, -0.05) is 30.1 Å². The van der Waals surface area contributed by atoms with Crippen molar-refractivity contribution >= 4 is 17.8 Å². The van der Waals surface area contributed by atoms with E-state index in [1.807, 2.05) is 0 Å². The van der Waals surface area contributed by atoms with E-state index in [1.165, 1.54) is 6.21 Å². The summed E-state index contributed by atoms with van der Waals surface area (Å²) in [6, 6.07) is 5.22. The lowest BCUT2D eigenvalue weighted by molar-refractivity contribution is 0.307. The predicted octanol–water partition coefficient (Wildman–Crippen LogP) is 3.33. The molecule has 0 radical (unpaired) electrons. The summed E-state index contributed by atoms with van der Waals surface area (Å²) in [4.78, 5) is 0. The number of oxime groups is 1. The molecule has 0 aliphatic carbocycles. The quantitative estimate of drug-likeness (QED) is 0.363. The van der Waals surface area contributed by atoms with Gasteiger partial charge in [-0.2, -0.15) is 0 Å². The Kier molecular flexibility index (Phi) is 4.98. The van der Waals surface area contributed by atoms with Crippen LogP contribution in [0.25, 0.3) is 0 Å². The van der Waals surface area contributed by atoms with Crippen LogP contribution in [0, 0.1) is 0 Å². The second-order valence-corrected chi connectivity index (χ2v) is 3.57. The molecule has 0 fully saturated rings. The molecule has 1 N–H and O–H groups in total. The lowest BCUT2D eigenvalue weighted by Gasteiger charge is -2.08. The summed E-state index contributed by atoms with van der Waals surface area (Å²) in [5.41, 5.74) is 0.682. The molecule has 1 aromatic rings. The van der Waals surface area contributed by atoms with Crippen molar-refractivity contribution in [1.29, 1.82) is 0 Å². The van der Waals surface area contributed by atoms with Crippen molar-refractivity contribution in [2.45, 2.75) is 19.8 Å². The van der Waals surface area contributed by atoms with Gasteiger partial charge in [-0.15, -0.1) is 0 Å². The average molecular weight is 228 g/mol. The summed E-state index contributed by atoms with van der Waals surface area (Å²) in [6.07, 6.45) is 3.39. The van der Waals surface area contributed by atoms with E-state index in [0.717, 1.165) is 12.8 Å². The third-order valence-electron chi connectivity index (χ3n) is 1.92. The number of ether oxygens (including phenoxy) is 1. The van der Waals surface area contributed by atoms with Crippen LogP contribution in [-0.4, -0.2) is 18.0 Å². The highest BCUT2D eigenvalue weighted by atomic mass is 35.5. The van der Waals surface area contributed by atoms with Crippen LogP contribution >= 0.6 is 11.6 Å². The first-order valence-electron chi connectivity index (χ1n) is 4.87. The molecule has 0 aromatic heterocycles. The van der Waals surface area contributed by atoms with Gasteiger partial charge in [0.15, 0.2) is 0 Å². The molecule has 1 rings (SSSR count). The molecule has 0 aliphatic heterocycles. The molecule has 0 unspecified atom stereocenters. The minimum absolute atomic E-state index is 0.591. The monoisotopic (exact) mass is 227 g/mol. The zero-order valence-electron chi connectivity index (χ0n) is 8.61. The van der Waals surface area contributed by atoms with Crippen LogP contribution in [0.2, 0.25) is 5.02 Å². The molecule has 82 valence electrons. The minimum Gasteiger partial charge on any atom is -0.493 e. The Morgan fingerprint density at radius 1 is 1.53 bits per heavy atom. The molecule has 0 bridgehead atoms. The van der Waals surface area contributed by atoms with Crippen LogP contribution in [0.15, 0.2) is 23.4 Å². The zero-order valence-corrected chi connectivity index (χ0v) is 9.37. The lowest BCUT2D eigenvalue weighted by atomic mass is 10.2. The van der Waals surface area contributed by atoms with Gasteiger partial charge in [0.1, 0.15) is 5.75 Å². The molecule has 0 atom stereocenters. The fourth-order valence-electron chi connectivity index (χ4n) is 1.14. The van der Waals surface area contributed by atoms with Gasteiger partial charge in [-0.3, -0.25) is 0 Å². The summed E-state index contributed by atoms with van der Waals surface area (Å²) in [7, 11) is 0. The number of nitrogens with zero attached hydrogens (tertiary/aromatic N) is 1. The Bertz CT molecular complexity index is 339. The Morgan fingerprint density at radius 3 is 3.00 bits per heavy atom. The molecule has 1 aromatic carbocycles. The van der Waals surface area contributed by atoms with Crippen LogP contribution in [0.3, 0.4) is 0 Å². The third-order valence-corrected chi connectivity index (χ3v) is 2.16. The maximum absolute atomic E-state index is 8.48. The van der Waals surface area contributed by atoms with Gasteiger partial charge in [-0.25, -0.2) is 0 Å². The van der Waals surface area contributed by atoms with Gasteiger partial charge < -0.3 is 9.94 Å². The fourth-order valence-corrected chi connectivity index (χ4v) is 1.32. The molecule has 0 aliphatic rings. The second-order valence-electron chi connectivity index (χ2n) is 3.13. The van der Waals surface area contributed by atoms with E-state index in [1.54, 1.807) is 18.2 Å². The van der Waals surface area contributed by atoms with Crippen molar-refractivity contribution < 1.29 is 9.94 Å². The molecule has 4 heteroatoms. The third kappa shape index (κ3) is 3.80. The standard InChI is InChI=1S/C11H14ClNO2/c1-2-3-6-15-11-5-4-10(12)7-9(11)8-13-14/h4-5,7-8,14H,2-3,6H2,1H3/b13-8+. The summed E-state index contributed by atoms with van der Waals surface area (Å²) in [5.74, 6) is 0.686. The highest BCUT2D eigenvalue weighted by Crippen LogP contribution is 2.21. The number of benzene rings is 1. The number of halogens is 1. The number of hydrogen-bond donors (Lipinski definition) is 1. The van der Waals surface area contributed by atoms with Crippen molar-refractivity contribution in [2.75, 3.05) is 6.61 Å². The maximum atomic E-state index is 8.48. The van der Waals surface area contributed by atoms with E-state index in [4.69, 9.17) is 21.5 Å². The molecule has 0 amide bonds. The average Bonchev–Trinajstić information content (AvgIpc) is 2.22. The molecular weight excluding hydrogens is 214 g/mol. The van der Waals surface area contributed by atoms with E-state index in [-0.39, 0.29) is 0 Å². The normalized spacial score (nSPS) is 10.8. The van der Waals surface area contributed by atoms with Crippen molar-refractivity contribution in [3.05, 3.63) is 28.8 Å². The summed E-state index contributed by atoms with van der Waals surface area (Å²) in [6.45, 7) is 2.76. The smallest absolute Gasteiger partial charge is 0.128 e. The molecule has 15 heavy (non-hydrogen) atoms. The lowest BCUT2D eigenvalue weighted by Crippen LogP contribution is -1.99. The first kappa shape index (κ1) is 11.9. The SMILES string of the molecule is CCCCOc1ccc(Cl)cc1/C=N/O. The van der Waals surface area contributed by atoms with E-state index in [2.05, 4.69) is 12.1 Å². The second kappa shape index (κ2) is 6.30. The van der Waals surface area contributed by atoms with Crippen molar-refractivity contribution in [2.24, 2.45) is 5.16 Å². The minimum atomic E-state index is 0.591. The first-order valence-corrected chi connectivity index (χ1v) is 5.25. The molecule has 3 nitrogen and oxygen atoms in total. The number of rotatable bonds is 5. The Morgan fingerprint density at radius 2 is 2.33 bits per heavy atom. The van der Waals surface area contributed by atoms with Crippen LogP contribution in [-0.2, 0) is 0 Å². The van der Waals surface area contributed by atoms with Gasteiger partial charge in [0.2, 0.25) is 0 Å². The topological polar surface area (TPSA) is 41.8 Å². The Hall–Kier alpha value is -1.22. The van der Waals surface area contributed by atoms with Crippen LogP contribution in [0.1, 0.15) is 25.3 Å². The van der Waals surface area contributed by atoms with E-state index < -0.39 is 0 Å². The zero-order chi connectivity index (χ0) is 11.1. The largest absolute Gasteiger partial charge is 0.493 e. The highest BCUT2D eigenvalue weighted by Gasteiger charge is 2.02. The van der Waals surface area contributed by atoms with Crippen LogP contribution in [0.4, 0.5) is 0 Å². The number of hydrogen-bond acceptors (Lipinski definition) is 3. The fraction of sp³-hybridized carbons (Fsp3) is 0.364. The van der Waals surface area contributed by atoms with Crippen molar-refractivity contribution in [1.82, 2.24) is 0 Å². The van der Waals surface area contributed by atoms with Gasteiger partial charge >= 0.3 is 0 Å². The number of unbranched alkanes of at least 4 members (excludes halogenated alkanes) is 1. The summed E-state index contributed by atoms with van der Waals surface area (Å²) >= 11 is 5.82. The first-order chi connectivity index (χ1) is 7.27. The maximum Gasteiger partial charge on any atom is 0.128 e. The van der Waals surface area contributed by atoms with Crippen molar-refractivity contribution in [3.8, 4) is 5.75 Å². The molecule has 0 saturated heterocycles. The Labute approximate surface area is 94.3 Å². The van der Waals surface area contributed by atoms with Gasteiger partial charge in [0.05, 0.1) is 12.8 Å². The Balaban J connectivity index is 2.76.